The first-order chi connectivity index (χ1) is 8.63. The zero-order valence-electron chi connectivity index (χ0n) is 10.4. The van der Waals surface area contributed by atoms with Gasteiger partial charge >= 0.3 is 0 Å². The second kappa shape index (κ2) is 3.88. The van der Waals surface area contributed by atoms with E-state index >= 15 is 0 Å². The lowest BCUT2D eigenvalue weighted by molar-refractivity contribution is 0.476. The normalized spacial score (nSPS) is 11.0. The molecule has 0 radical (unpaired) electrons. The Balaban J connectivity index is 2.19. The minimum absolute atomic E-state index is 0.248. The minimum Gasteiger partial charge on any atom is -0.508 e. The van der Waals surface area contributed by atoms with Gasteiger partial charge in [0, 0.05) is 11.6 Å². The zero-order chi connectivity index (χ0) is 12.7. The molecular formula is C15H14N2O. The van der Waals surface area contributed by atoms with E-state index < -0.39 is 0 Å². The summed E-state index contributed by atoms with van der Waals surface area (Å²) in [4.78, 5) is 7.79. The Hall–Kier alpha value is -2.29. The summed E-state index contributed by atoms with van der Waals surface area (Å²) in [5, 5.41) is 9.45. The number of aromatic nitrogens is 2. The quantitative estimate of drug-likeness (QED) is 0.681. The Kier molecular flexibility index (Phi) is 2.33. The van der Waals surface area contributed by atoms with E-state index in [9.17, 15) is 5.11 Å². The van der Waals surface area contributed by atoms with E-state index in [1.165, 1.54) is 11.1 Å². The summed E-state index contributed by atoms with van der Waals surface area (Å²) < 4.78 is 0. The number of aromatic amines is 1. The average Bonchev–Trinajstić information content (AvgIpc) is 2.71. The Bertz CT molecular complexity index is 728. The number of H-pyrrole nitrogens is 1. The highest BCUT2D eigenvalue weighted by Gasteiger charge is 2.08. The van der Waals surface area contributed by atoms with Crippen LogP contribution in [0.5, 0.6) is 5.75 Å². The number of rotatable bonds is 1. The summed E-state index contributed by atoms with van der Waals surface area (Å²) in [7, 11) is 0. The highest BCUT2D eigenvalue weighted by atomic mass is 16.3. The predicted octanol–water partition coefficient (Wildman–Crippen LogP) is 3.55. The van der Waals surface area contributed by atoms with Crippen LogP contribution in [-0.2, 0) is 0 Å². The van der Waals surface area contributed by atoms with E-state index in [2.05, 4.69) is 42.0 Å². The first-order valence-corrected chi connectivity index (χ1v) is 5.90. The van der Waals surface area contributed by atoms with Crippen LogP contribution in [0.25, 0.3) is 22.4 Å². The van der Waals surface area contributed by atoms with Gasteiger partial charge in [-0.2, -0.15) is 0 Å². The first kappa shape index (κ1) is 10.8. The monoisotopic (exact) mass is 238 g/mol. The van der Waals surface area contributed by atoms with Crippen molar-refractivity contribution in [1.29, 1.82) is 0 Å². The maximum Gasteiger partial charge on any atom is 0.138 e. The van der Waals surface area contributed by atoms with Crippen LogP contribution in [0.1, 0.15) is 11.1 Å². The number of aryl methyl sites for hydroxylation is 2. The second-order valence-electron chi connectivity index (χ2n) is 4.61. The molecule has 0 fully saturated rings. The first-order valence-electron chi connectivity index (χ1n) is 5.90. The molecule has 2 aromatic carbocycles. The van der Waals surface area contributed by atoms with E-state index in [-0.39, 0.29) is 5.75 Å². The van der Waals surface area contributed by atoms with E-state index in [1.54, 1.807) is 12.1 Å². The van der Waals surface area contributed by atoms with Crippen molar-refractivity contribution in [3.8, 4) is 17.1 Å². The van der Waals surface area contributed by atoms with Crippen LogP contribution in [0.2, 0.25) is 0 Å². The van der Waals surface area contributed by atoms with Crippen LogP contribution in [0, 0.1) is 13.8 Å². The van der Waals surface area contributed by atoms with Gasteiger partial charge in [-0.3, -0.25) is 0 Å². The van der Waals surface area contributed by atoms with Gasteiger partial charge in [-0.05, 0) is 31.5 Å². The van der Waals surface area contributed by atoms with Gasteiger partial charge in [0.05, 0.1) is 11.0 Å². The molecule has 3 heteroatoms. The lowest BCUT2D eigenvalue weighted by atomic mass is 10.1. The molecule has 3 rings (SSSR count). The molecule has 0 amide bonds. The van der Waals surface area contributed by atoms with E-state index in [4.69, 9.17) is 0 Å². The van der Waals surface area contributed by atoms with E-state index in [0.717, 1.165) is 22.4 Å². The molecule has 1 heterocycles. The average molecular weight is 238 g/mol. The maximum atomic E-state index is 9.45. The molecule has 0 aliphatic heterocycles. The summed E-state index contributed by atoms with van der Waals surface area (Å²) in [6.07, 6.45) is 0. The SMILES string of the molecule is Cc1ccc(-c2nc3ccc(O)cc3[nH]2)c(C)c1. The number of nitrogens with one attached hydrogen (secondary N) is 1. The van der Waals surface area contributed by atoms with Gasteiger partial charge in [0.15, 0.2) is 0 Å². The van der Waals surface area contributed by atoms with Crippen LogP contribution < -0.4 is 0 Å². The van der Waals surface area contributed by atoms with Crippen molar-refractivity contribution < 1.29 is 5.11 Å². The molecule has 0 bridgehead atoms. The largest absolute Gasteiger partial charge is 0.508 e. The molecule has 3 nitrogen and oxygen atoms in total. The van der Waals surface area contributed by atoms with Crippen molar-refractivity contribution in [2.45, 2.75) is 13.8 Å². The smallest absolute Gasteiger partial charge is 0.138 e. The fourth-order valence-corrected chi connectivity index (χ4v) is 2.20. The van der Waals surface area contributed by atoms with Crippen LogP contribution in [-0.4, -0.2) is 15.1 Å². The lowest BCUT2D eigenvalue weighted by Crippen LogP contribution is -1.86. The minimum atomic E-state index is 0.248. The Morgan fingerprint density at radius 2 is 1.89 bits per heavy atom. The van der Waals surface area contributed by atoms with E-state index in [1.807, 2.05) is 6.07 Å². The molecule has 3 aromatic rings. The molecule has 0 unspecified atom stereocenters. The predicted molar refractivity (Wildman–Crippen MR) is 72.7 cm³/mol. The van der Waals surface area contributed by atoms with Gasteiger partial charge in [-0.15, -0.1) is 0 Å². The summed E-state index contributed by atoms with van der Waals surface area (Å²) in [6.45, 7) is 4.15. The van der Waals surface area contributed by atoms with Crippen molar-refractivity contribution in [2.75, 3.05) is 0 Å². The molecule has 0 aliphatic rings. The van der Waals surface area contributed by atoms with Crippen LogP contribution in [0.4, 0.5) is 0 Å². The number of phenols is 1. The summed E-state index contributed by atoms with van der Waals surface area (Å²) in [6, 6.07) is 11.4. The third-order valence-corrected chi connectivity index (χ3v) is 3.10. The standard InChI is InChI=1S/C15H14N2O/c1-9-3-5-12(10(2)7-9)15-16-13-6-4-11(18)8-14(13)17-15/h3-8,18H,1-2H3,(H,16,17). The Morgan fingerprint density at radius 3 is 2.67 bits per heavy atom. The van der Waals surface area contributed by atoms with Gasteiger partial charge in [0.1, 0.15) is 11.6 Å². The van der Waals surface area contributed by atoms with Crippen LogP contribution in [0.15, 0.2) is 36.4 Å². The number of phenolic OH excluding ortho intramolecular Hbond substituents is 1. The van der Waals surface area contributed by atoms with Crippen molar-refractivity contribution in [3.05, 3.63) is 47.5 Å². The molecule has 0 atom stereocenters. The molecule has 0 saturated heterocycles. The fourth-order valence-electron chi connectivity index (χ4n) is 2.20. The number of imidazole rings is 1. The molecule has 0 saturated carbocycles. The molecule has 2 N–H and O–H groups in total. The zero-order valence-corrected chi connectivity index (χ0v) is 10.4. The van der Waals surface area contributed by atoms with Crippen molar-refractivity contribution in [3.63, 3.8) is 0 Å². The van der Waals surface area contributed by atoms with Crippen molar-refractivity contribution >= 4 is 11.0 Å². The lowest BCUT2D eigenvalue weighted by Gasteiger charge is -2.03. The summed E-state index contributed by atoms with van der Waals surface area (Å²) in [5.74, 6) is 1.09. The summed E-state index contributed by atoms with van der Waals surface area (Å²) in [5.41, 5.74) is 5.24. The Morgan fingerprint density at radius 1 is 1.06 bits per heavy atom. The number of hydrogen-bond acceptors (Lipinski definition) is 2. The third kappa shape index (κ3) is 1.74. The molecule has 1 aromatic heterocycles. The molecule has 0 aliphatic carbocycles. The van der Waals surface area contributed by atoms with Crippen LogP contribution >= 0.6 is 0 Å². The highest BCUT2D eigenvalue weighted by Crippen LogP contribution is 2.25. The van der Waals surface area contributed by atoms with Gasteiger partial charge in [0.25, 0.3) is 0 Å². The molecular weight excluding hydrogens is 224 g/mol. The molecule has 90 valence electrons. The molecule has 18 heavy (non-hydrogen) atoms. The van der Waals surface area contributed by atoms with Gasteiger partial charge in [-0.25, -0.2) is 4.98 Å². The number of nitrogens with zero attached hydrogens (tertiary/aromatic N) is 1. The van der Waals surface area contributed by atoms with Crippen molar-refractivity contribution in [1.82, 2.24) is 9.97 Å². The maximum absolute atomic E-state index is 9.45. The van der Waals surface area contributed by atoms with E-state index in [0.29, 0.717) is 0 Å². The molecule has 0 spiro atoms. The van der Waals surface area contributed by atoms with Gasteiger partial charge in [-0.1, -0.05) is 23.8 Å². The van der Waals surface area contributed by atoms with Gasteiger partial charge in [0.2, 0.25) is 0 Å². The number of fused-ring (bicyclic) bond motifs is 1. The number of aromatic hydroxyl groups is 1. The fraction of sp³-hybridized carbons (Fsp3) is 0.133. The third-order valence-electron chi connectivity index (χ3n) is 3.10. The number of benzene rings is 2. The topological polar surface area (TPSA) is 48.9 Å². The van der Waals surface area contributed by atoms with Gasteiger partial charge < -0.3 is 10.1 Å². The highest BCUT2D eigenvalue weighted by molar-refractivity contribution is 5.81. The Labute approximate surface area is 105 Å². The number of hydrogen-bond donors (Lipinski definition) is 2. The van der Waals surface area contributed by atoms with Crippen molar-refractivity contribution in [2.24, 2.45) is 0 Å². The summed E-state index contributed by atoms with van der Waals surface area (Å²) >= 11 is 0. The second-order valence-corrected chi connectivity index (χ2v) is 4.61. The van der Waals surface area contributed by atoms with Crippen LogP contribution in [0.3, 0.4) is 0 Å².